The summed E-state index contributed by atoms with van der Waals surface area (Å²) in [5.41, 5.74) is 1.97. The molecule has 0 amide bonds. The molecule has 2 saturated carbocycles. The Kier molecular flexibility index (Phi) is 7.46. The summed E-state index contributed by atoms with van der Waals surface area (Å²) in [5, 5.41) is 20.4. The minimum Gasteiger partial charge on any atom is -0.493 e. The largest absolute Gasteiger partial charge is 0.493 e. The molecule has 12 heteroatoms. The summed E-state index contributed by atoms with van der Waals surface area (Å²) < 4.78 is 32.3. The minimum atomic E-state index is -0.989. The molecule has 6 heterocycles. The number of hydrogen-bond acceptors (Lipinski definition) is 9. The first-order chi connectivity index (χ1) is 23.9. The van der Waals surface area contributed by atoms with E-state index in [1.807, 2.05) is 59.9 Å². The van der Waals surface area contributed by atoms with Crippen molar-refractivity contribution in [3.8, 4) is 17.2 Å². The van der Waals surface area contributed by atoms with E-state index in [-0.39, 0.29) is 27.8 Å². The van der Waals surface area contributed by atoms with Crippen LogP contribution in [0.2, 0.25) is 0 Å². The lowest BCUT2D eigenvalue weighted by atomic mass is 9.69. The van der Waals surface area contributed by atoms with E-state index >= 15 is 0 Å². The number of esters is 1. The van der Waals surface area contributed by atoms with E-state index in [1.54, 1.807) is 30.3 Å². The number of fused-ring (bicyclic) bond motifs is 4. The maximum atomic E-state index is 12.8. The van der Waals surface area contributed by atoms with E-state index < -0.39 is 11.9 Å². The Balaban J connectivity index is 0.000000149. The smallest absolute Gasteiger partial charge is 0.347 e. The Morgan fingerprint density at radius 1 is 0.760 bits per heavy atom. The van der Waals surface area contributed by atoms with Crippen LogP contribution in [0.1, 0.15) is 74.1 Å². The Labute approximate surface area is 288 Å². The van der Waals surface area contributed by atoms with Crippen LogP contribution in [-0.2, 0) is 20.6 Å². The van der Waals surface area contributed by atoms with Crippen molar-refractivity contribution in [2.45, 2.75) is 75.7 Å². The zero-order valence-corrected chi connectivity index (χ0v) is 28.6. The van der Waals surface area contributed by atoms with Crippen LogP contribution in [0.5, 0.6) is 17.2 Å². The van der Waals surface area contributed by atoms with Gasteiger partial charge in [0.2, 0.25) is 0 Å². The average molecular weight is 681 g/mol. The van der Waals surface area contributed by atoms with E-state index in [2.05, 4.69) is 18.9 Å². The SMILES string of the molecule is CCOc1cc2nn(C34COC(C)(C3)C4)cc2cc1C(=O)O.CCOc1cc2nn(C34COC(C)(C3)C4)cc2cc1C(=O)Oc1ccccc1. The van der Waals surface area contributed by atoms with E-state index in [9.17, 15) is 14.7 Å². The normalized spacial score (nSPS) is 27.3. The number of para-hydroxylation sites is 1. The molecule has 0 spiro atoms. The average Bonchev–Trinajstić information content (AvgIpc) is 3.90. The van der Waals surface area contributed by atoms with Gasteiger partial charge in [-0.2, -0.15) is 10.2 Å². The molecule has 6 fully saturated rings. The fourth-order valence-corrected chi connectivity index (χ4v) is 8.28. The van der Waals surface area contributed by atoms with Gasteiger partial charge in [0.15, 0.2) is 0 Å². The third-order valence-corrected chi connectivity index (χ3v) is 10.4. The molecule has 0 atom stereocenters. The summed E-state index contributed by atoms with van der Waals surface area (Å²) in [5.74, 6) is -0.0766. The number of carbonyl (C=O) groups is 2. The Morgan fingerprint density at radius 2 is 1.24 bits per heavy atom. The molecule has 11 rings (SSSR count). The lowest BCUT2D eigenvalue weighted by molar-refractivity contribution is 0.00348. The number of carboxylic acids is 1. The van der Waals surface area contributed by atoms with Gasteiger partial charge in [-0.05, 0) is 52.0 Å². The van der Waals surface area contributed by atoms with Crippen LogP contribution < -0.4 is 14.2 Å². The van der Waals surface area contributed by atoms with Crippen LogP contribution in [0, 0.1) is 0 Å². The molecule has 2 aromatic heterocycles. The molecule has 4 saturated heterocycles. The molecule has 4 bridgehead atoms. The highest BCUT2D eigenvalue weighted by atomic mass is 16.5. The van der Waals surface area contributed by atoms with Gasteiger partial charge in [0.25, 0.3) is 0 Å². The van der Waals surface area contributed by atoms with Crippen LogP contribution in [0.25, 0.3) is 21.8 Å². The fraction of sp³-hybridized carbons (Fsp3) is 0.421. The lowest BCUT2D eigenvalue weighted by Gasteiger charge is -2.42. The molecule has 12 nitrogen and oxygen atoms in total. The predicted molar refractivity (Wildman–Crippen MR) is 183 cm³/mol. The maximum absolute atomic E-state index is 12.8. The first-order valence-electron chi connectivity index (χ1n) is 17.1. The molecular weight excluding hydrogens is 640 g/mol. The van der Waals surface area contributed by atoms with Crippen molar-refractivity contribution in [1.29, 1.82) is 0 Å². The number of carboxylic acid groups (broad SMARTS) is 1. The number of benzene rings is 3. The van der Waals surface area contributed by atoms with Crippen molar-refractivity contribution >= 4 is 33.7 Å². The van der Waals surface area contributed by atoms with E-state index in [4.69, 9.17) is 28.8 Å². The molecule has 3 aromatic carbocycles. The molecule has 5 aromatic rings. The van der Waals surface area contributed by atoms with Gasteiger partial charge in [0.05, 0.1) is 59.7 Å². The minimum absolute atomic E-state index is 0.0131. The number of aromatic carboxylic acids is 1. The van der Waals surface area contributed by atoms with Gasteiger partial charge >= 0.3 is 11.9 Å². The standard InChI is InChI=1S/C22H22N2O4.C16H18N2O4/c1-3-26-19-10-18-15(9-17(19)20(25)28-16-7-5-4-6-8-16)11-24(23-18)22-12-21(2,13-22)27-14-22;1-3-21-13-5-12-10(4-11(13)14(19)20)6-18(17-12)16-7-15(2,8-16)22-9-16/h4-11H,3,12-14H2,1-2H3;4-6H,3,7-9H2,1-2H3,(H,19,20). The number of ether oxygens (including phenoxy) is 5. The van der Waals surface area contributed by atoms with Gasteiger partial charge in [-0.1, -0.05) is 18.2 Å². The number of carbonyl (C=O) groups excluding carboxylic acids is 1. The quantitative estimate of drug-likeness (QED) is 0.139. The zero-order chi connectivity index (χ0) is 34.9. The van der Waals surface area contributed by atoms with Crippen LogP contribution >= 0.6 is 0 Å². The van der Waals surface area contributed by atoms with E-state index in [1.165, 1.54) is 0 Å². The Bertz CT molecular complexity index is 2120. The molecule has 2 aliphatic carbocycles. The van der Waals surface area contributed by atoms with E-state index in [0.29, 0.717) is 49.2 Å². The van der Waals surface area contributed by atoms with Gasteiger partial charge in [0, 0.05) is 61.0 Å². The van der Waals surface area contributed by atoms with Crippen molar-refractivity contribution in [2.75, 3.05) is 26.4 Å². The van der Waals surface area contributed by atoms with Crippen molar-refractivity contribution in [3.05, 3.63) is 78.1 Å². The predicted octanol–water partition coefficient (Wildman–Crippen LogP) is 6.34. The molecule has 1 N–H and O–H groups in total. The number of hydrogen-bond donors (Lipinski definition) is 1. The third kappa shape index (κ3) is 5.37. The highest BCUT2D eigenvalue weighted by Crippen LogP contribution is 2.56. The molecule has 6 aliphatic rings. The Morgan fingerprint density at radius 3 is 1.68 bits per heavy atom. The summed E-state index contributed by atoms with van der Waals surface area (Å²) in [4.78, 5) is 24.2. The number of rotatable bonds is 9. The summed E-state index contributed by atoms with van der Waals surface area (Å²) in [6.45, 7) is 10.2. The molecule has 4 aliphatic heterocycles. The van der Waals surface area contributed by atoms with Gasteiger partial charge in [0.1, 0.15) is 28.4 Å². The highest BCUT2D eigenvalue weighted by molar-refractivity contribution is 5.99. The van der Waals surface area contributed by atoms with Crippen molar-refractivity contribution in [1.82, 2.24) is 19.6 Å². The van der Waals surface area contributed by atoms with Crippen molar-refractivity contribution in [3.63, 3.8) is 0 Å². The van der Waals surface area contributed by atoms with Crippen LogP contribution in [0.15, 0.2) is 67.0 Å². The summed E-state index contributed by atoms with van der Waals surface area (Å²) in [6, 6.07) is 16.0. The van der Waals surface area contributed by atoms with Crippen LogP contribution in [0.4, 0.5) is 0 Å². The Hall–Kier alpha value is -4.94. The lowest BCUT2D eigenvalue weighted by Crippen LogP contribution is -2.49. The van der Waals surface area contributed by atoms with Crippen molar-refractivity contribution in [2.24, 2.45) is 0 Å². The molecule has 0 radical (unpaired) electrons. The van der Waals surface area contributed by atoms with E-state index in [0.717, 1.165) is 47.5 Å². The fourth-order valence-electron chi connectivity index (χ4n) is 8.28. The van der Waals surface area contributed by atoms with Gasteiger partial charge in [-0.25, -0.2) is 9.59 Å². The first kappa shape index (κ1) is 32.3. The van der Waals surface area contributed by atoms with Gasteiger partial charge in [-0.15, -0.1) is 0 Å². The topological polar surface area (TPSA) is 136 Å². The number of aromatic nitrogens is 4. The van der Waals surface area contributed by atoms with Gasteiger partial charge in [-0.3, -0.25) is 9.36 Å². The summed E-state index contributed by atoms with van der Waals surface area (Å²) >= 11 is 0. The molecule has 260 valence electrons. The van der Waals surface area contributed by atoms with Crippen LogP contribution in [-0.4, -0.2) is 74.2 Å². The first-order valence-corrected chi connectivity index (χ1v) is 17.1. The molecule has 0 unspecified atom stereocenters. The molecular formula is C38H40N4O8. The summed E-state index contributed by atoms with van der Waals surface area (Å²) in [6.07, 6.45) is 7.77. The monoisotopic (exact) mass is 680 g/mol. The second-order valence-corrected chi connectivity index (χ2v) is 14.5. The summed E-state index contributed by atoms with van der Waals surface area (Å²) in [7, 11) is 0. The molecule has 50 heavy (non-hydrogen) atoms. The van der Waals surface area contributed by atoms with Crippen LogP contribution in [0.3, 0.4) is 0 Å². The second kappa shape index (κ2) is 11.6. The highest BCUT2D eigenvalue weighted by Gasteiger charge is 2.62. The van der Waals surface area contributed by atoms with Gasteiger partial charge < -0.3 is 28.8 Å². The number of nitrogens with zero attached hydrogens (tertiary/aromatic N) is 4. The second-order valence-electron chi connectivity index (χ2n) is 14.5. The zero-order valence-electron chi connectivity index (χ0n) is 28.6. The third-order valence-electron chi connectivity index (χ3n) is 10.4. The van der Waals surface area contributed by atoms with Crippen molar-refractivity contribution < 1.29 is 38.4 Å². The maximum Gasteiger partial charge on any atom is 0.347 e.